The average Bonchev–Trinajstić information content (AvgIpc) is 2.72. The van der Waals surface area contributed by atoms with Crippen LogP contribution < -0.4 is 4.90 Å². The Labute approximate surface area is 175 Å². The topological polar surface area (TPSA) is 29.0 Å². The summed E-state index contributed by atoms with van der Waals surface area (Å²) in [6, 6.07) is 19.3. The van der Waals surface area contributed by atoms with E-state index in [0.717, 1.165) is 22.5 Å². The Hall–Kier alpha value is -3.34. The first-order valence-electron chi connectivity index (χ1n) is 9.80. The van der Waals surface area contributed by atoms with Crippen molar-refractivity contribution in [2.24, 2.45) is 0 Å². The van der Waals surface area contributed by atoms with Gasteiger partial charge in [-0.15, -0.1) is 0 Å². The third kappa shape index (κ3) is 3.75. The van der Waals surface area contributed by atoms with Crippen LogP contribution in [0.25, 0.3) is 22.3 Å². The summed E-state index contributed by atoms with van der Waals surface area (Å²) in [5.41, 5.74) is 3.15. The number of fused-ring (bicyclic) bond motifs is 1. The highest BCUT2D eigenvalue weighted by molar-refractivity contribution is 5.92. The van der Waals surface area contributed by atoms with E-state index in [9.17, 15) is 8.78 Å². The molecular formula is C25H23F2N3. The molecule has 3 aromatic carbocycles. The van der Waals surface area contributed by atoms with Gasteiger partial charge in [0.25, 0.3) is 0 Å². The number of rotatable bonds is 3. The molecule has 4 aromatic rings. The fourth-order valence-electron chi connectivity index (χ4n) is 3.43. The molecule has 0 saturated carbocycles. The number of hydrogen-bond acceptors (Lipinski definition) is 3. The van der Waals surface area contributed by atoms with Crippen LogP contribution in [0.15, 0.2) is 66.7 Å². The molecule has 0 unspecified atom stereocenters. The molecule has 0 spiro atoms. The smallest absolute Gasteiger partial charge is 0.162 e. The Kier molecular flexibility index (Phi) is 4.98. The van der Waals surface area contributed by atoms with Gasteiger partial charge in [-0.3, -0.25) is 0 Å². The van der Waals surface area contributed by atoms with Crippen molar-refractivity contribution in [2.75, 3.05) is 11.9 Å². The Morgan fingerprint density at radius 3 is 2.20 bits per heavy atom. The minimum Gasteiger partial charge on any atom is -0.326 e. The number of aromatic nitrogens is 2. The minimum absolute atomic E-state index is 0.0499. The van der Waals surface area contributed by atoms with Crippen LogP contribution in [0, 0.1) is 11.6 Å². The van der Waals surface area contributed by atoms with Crippen molar-refractivity contribution in [1.82, 2.24) is 9.97 Å². The Bertz CT molecular complexity index is 1210. The summed E-state index contributed by atoms with van der Waals surface area (Å²) in [5, 5.41) is 0.791. The van der Waals surface area contributed by atoms with Gasteiger partial charge >= 0.3 is 0 Å². The van der Waals surface area contributed by atoms with E-state index in [4.69, 9.17) is 9.97 Å². The molecule has 0 aliphatic rings. The molecule has 5 heteroatoms. The lowest BCUT2D eigenvalue weighted by molar-refractivity contribution is 0.583. The molecule has 4 rings (SSSR count). The lowest BCUT2D eigenvalue weighted by Crippen LogP contribution is -2.14. The van der Waals surface area contributed by atoms with Crippen molar-refractivity contribution in [1.29, 1.82) is 0 Å². The van der Waals surface area contributed by atoms with Gasteiger partial charge in [0.05, 0.1) is 11.2 Å². The summed E-state index contributed by atoms with van der Waals surface area (Å²) in [6.07, 6.45) is 0. The highest BCUT2D eigenvalue weighted by Gasteiger charge is 2.18. The molecule has 1 heterocycles. The fourth-order valence-corrected chi connectivity index (χ4v) is 3.43. The maximum absolute atomic E-state index is 14.4. The molecule has 0 atom stereocenters. The highest BCUT2D eigenvalue weighted by Crippen LogP contribution is 2.33. The molecule has 0 fully saturated rings. The standard InChI is InChI=1S/C25H23F2N3/c1-25(2,3)17-11-9-16(10-12-17)23-28-21-8-6-5-7-19(21)24(29-23)30(4)22-14-13-18(26)15-20(22)27/h5-15H,1-4H3. The van der Waals surface area contributed by atoms with Gasteiger partial charge in [-0.25, -0.2) is 18.7 Å². The number of benzene rings is 3. The lowest BCUT2D eigenvalue weighted by Gasteiger charge is -2.22. The summed E-state index contributed by atoms with van der Waals surface area (Å²) >= 11 is 0. The molecule has 0 aliphatic carbocycles. The molecule has 152 valence electrons. The molecular weight excluding hydrogens is 380 g/mol. The van der Waals surface area contributed by atoms with E-state index in [0.29, 0.717) is 11.6 Å². The van der Waals surface area contributed by atoms with Gasteiger partial charge < -0.3 is 4.90 Å². The van der Waals surface area contributed by atoms with Crippen LogP contribution in [-0.2, 0) is 5.41 Å². The van der Waals surface area contributed by atoms with Crippen LogP contribution in [0.5, 0.6) is 0 Å². The van der Waals surface area contributed by atoms with Crippen LogP contribution in [-0.4, -0.2) is 17.0 Å². The molecule has 0 radical (unpaired) electrons. The lowest BCUT2D eigenvalue weighted by atomic mass is 9.87. The van der Waals surface area contributed by atoms with Crippen molar-refractivity contribution in [2.45, 2.75) is 26.2 Å². The third-order valence-corrected chi connectivity index (χ3v) is 5.18. The van der Waals surface area contributed by atoms with Crippen molar-refractivity contribution in [3.63, 3.8) is 0 Å². The number of nitrogens with zero attached hydrogens (tertiary/aromatic N) is 3. The summed E-state index contributed by atoms with van der Waals surface area (Å²) in [7, 11) is 1.72. The second-order valence-electron chi connectivity index (χ2n) is 8.37. The average molecular weight is 403 g/mol. The normalized spacial score (nSPS) is 11.7. The van der Waals surface area contributed by atoms with Crippen molar-refractivity contribution < 1.29 is 8.78 Å². The molecule has 0 amide bonds. The Morgan fingerprint density at radius 1 is 0.833 bits per heavy atom. The van der Waals surface area contributed by atoms with Gasteiger partial charge in [0.1, 0.15) is 17.5 Å². The molecule has 30 heavy (non-hydrogen) atoms. The van der Waals surface area contributed by atoms with Crippen LogP contribution in [0.1, 0.15) is 26.3 Å². The van der Waals surface area contributed by atoms with Crippen LogP contribution in [0.2, 0.25) is 0 Å². The van der Waals surface area contributed by atoms with Crippen molar-refractivity contribution in [3.8, 4) is 11.4 Å². The summed E-state index contributed by atoms with van der Waals surface area (Å²) in [5.74, 6) is -0.146. The van der Waals surface area contributed by atoms with Crippen LogP contribution in [0.3, 0.4) is 0 Å². The van der Waals surface area contributed by atoms with Gasteiger partial charge in [0, 0.05) is 24.1 Å². The maximum atomic E-state index is 14.4. The molecule has 0 saturated heterocycles. The first-order valence-corrected chi connectivity index (χ1v) is 9.80. The summed E-state index contributed by atoms with van der Waals surface area (Å²) < 4.78 is 27.8. The van der Waals surface area contributed by atoms with E-state index < -0.39 is 11.6 Å². The quantitative estimate of drug-likeness (QED) is 0.384. The predicted molar refractivity (Wildman–Crippen MR) is 118 cm³/mol. The SMILES string of the molecule is CN(c1ccc(F)cc1F)c1nc(-c2ccc(C(C)(C)C)cc2)nc2ccccc12. The van der Waals surface area contributed by atoms with E-state index in [1.807, 2.05) is 36.4 Å². The van der Waals surface area contributed by atoms with E-state index in [2.05, 4.69) is 32.9 Å². The zero-order valence-electron chi connectivity index (χ0n) is 17.4. The summed E-state index contributed by atoms with van der Waals surface area (Å²) in [6.45, 7) is 6.50. The molecule has 1 aromatic heterocycles. The second kappa shape index (κ2) is 7.48. The molecule has 0 bridgehead atoms. The monoisotopic (exact) mass is 403 g/mol. The molecule has 0 N–H and O–H groups in total. The van der Waals surface area contributed by atoms with Gasteiger partial charge in [-0.2, -0.15) is 0 Å². The first kappa shape index (κ1) is 20.0. The number of hydrogen-bond donors (Lipinski definition) is 0. The molecule has 0 aliphatic heterocycles. The Balaban J connectivity index is 1.86. The maximum Gasteiger partial charge on any atom is 0.162 e. The second-order valence-corrected chi connectivity index (χ2v) is 8.37. The minimum atomic E-state index is -0.642. The number of para-hydroxylation sites is 1. The van der Waals surface area contributed by atoms with E-state index in [1.165, 1.54) is 17.7 Å². The first-order chi connectivity index (χ1) is 14.2. The van der Waals surface area contributed by atoms with E-state index in [1.54, 1.807) is 11.9 Å². The van der Waals surface area contributed by atoms with Crippen LogP contribution >= 0.6 is 0 Å². The number of halogens is 2. The zero-order valence-corrected chi connectivity index (χ0v) is 17.4. The largest absolute Gasteiger partial charge is 0.326 e. The van der Waals surface area contributed by atoms with Gasteiger partial charge in [0.15, 0.2) is 5.82 Å². The fraction of sp³-hybridized carbons (Fsp3) is 0.200. The van der Waals surface area contributed by atoms with E-state index in [-0.39, 0.29) is 11.1 Å². The van der Waals surface area contributed by atoms with Crippen molar-refractivity contribution >= 4 is 22.4 Å². The van der Waals surface area contributed by atoms with Crippen LogP contribution in [0.4, 0.5) is 20.3 Å². The van der Waals surface area contributed by atoms with E-state index >= 15 is 0 Å². The van der Waals surface area contributed by atoms with Gasteiger partial charge in [-0.1, -0.05) is 57.2 Å². The number of anilines is 2. The van der Waals surface area contributed by atoms with Crippen molar-refractivity contribution in [3.05, 3.63) is 83.9 Å². The van der Waals surface area contributed by atoms with Gasteiger partial charge in [0.2, 0.25) is 0 Å². The predicted octanol–water partition coefficient (Wildman–Crippen LogP) is 6.64. The Morgan fingerprint density at radius 2 is 1.53 bits per heavy atom. The zero-order chi connectivity index (χ0) is 21.5. The highest BCUT2D eigenvalue weighted by atomic mass is 19.1. The molecule has 3 nitrogen and oxygen atoms in total. The third-order valence-electron chi connectivity index (χ3n) is 5.18. The van der Waals surface area contributed by atoms with Gasteiger partial charge in [-0.05, 0) is 35.2 Å². The summed E-state index contributed by atoms with van der Waals surface area (Å²) in [4.78, 5) is 11.1.